The van der Waals surface area contributed by atoms with Gasteiger partial charge in [-0.25, -0.2) is 4.79 Å². The molecule has 0 bridgehead atoms. The number of nitrogens with zero attached hydrogens (tertiary/aromatic N) is 3. The highest BCUT2D eigenvalue weighted by molar-refractivity contribution is 5.75. The van der Waals surface area contributed by atoms with E-state index in [9.17, 15) is 4.79 Å². The molecule has 1 saturated heterocycles. The summed E-state index contributed by atoms with van der Waals surface area (Å²) in [6.45, 7) is 7.05. The van der Waals surface area contributed by atoms with Gasteiger partial charge in [-0.15, -0.1) is 5.06 Å². The fourth-order valence-corrected chi connectivity index (χ4v) is 1.76. The normalized spacial score (nSPS) is 21.7. The standard InChI is InChI=1S/C12H19N3O2/c1-12(2,3)11(16)17-14-8-5-10(9-14)15-7-4-6-13-15/h4,6-7,10H,5,8-9H2,1-3H3/t10-/m1/s1. The lowest BCUT2D eigenvalue weighted by Gasteiger charge is -2.21. The number of rotatable bonds is 2. The molecule has 1 aromatic heterocycles. The summed E-state index contributed by atoms with van der Waals surface area (Å²) < 4.78 is 1.92. The molecule has 0 aliphatic carbocycles. The van der Waals surface area contributed by atoms with Crippen LogP contribution in [-0.2, 0) is 9.63 Å². The number of carbonyl (C=O) groups excluding carboxylic acids is 1. The van der Waals surface area contributed by atoms with Crippen molar-refractivity contribution in [3.63, 3.8) is 0 Å². The van der Waals surface area contributed by atoms with E-state index in [4.69, 9.17) is 4.84 Å². The minimum Gasteiger partial charge on any atom is -0.367 e. The topological polar surface area (TPSA) is 47.4 Å². The highest BCUT2D eigenvalue weighted by Gasteiger charge is 2.31. The molecule has 17 heavy (non-hydrogen) atoms. The van der Waals surface area contributed by atoms with Crippen LogP contribution >= 0.6 is 0 Å². The van der Waals surface area contributed by atoms with Gasteiger partial charge < -0.3 is 4.84 Å². The van der Waals surface area contributed by atoms with E-state index in [1.54, 1.807) is 11.3 Å². The monoisotopic (exact) mass is 237 g/mol. The Hall–Kier alpha value is -1.36. The smallest absolute Gasteiger partial charge is 0.330 e. The van der Waals surface area contributed by atoms with E-state index >= 15 is 0 Å². The van der Waals surface area contributed by atoms with E-state index in [2.05, 4.69) is 5.10 Å². The Bertz CT molecular complexity index is 381. The van der Waals surface area contributed by atoms with Gasteiger partial charge in [0, 0.05) is 18.9 Å². The zero-order valence-corrected chi connectivity index (χ0v) is 10.6. The van der Waals surface area contributed by atoms with Crippen LogP contribution in [0.3, 0.4) is 0 Å². The van der Waals surface area contributed by atoms with Crippen molar-refractivity contribution in [2.75, 3.05) is 13.1 Å². The van der Waals surface area contributed by atoms with Gasteiger partial charge in [-0.2, -0.15) is 5.10 Å². The quantitative estimate of drug-likeness (QED) is 0.784. The highest BCUT2D eigenvalue weighted by Crippen LogP contribution is 2.23. The second-order valence-electron chi connectivity index (χ2n) is 5.45. The molecule has 0 radical (unpaired) electrons. The van der Waals surface area contributed by atoms with Crippen LogP contribution in [-0.4, -0.2) is 33.9 Å². The highest BCUT2D eigenvalue weighted by atomic mass is 16.7. The van der Waals surface area contributed by atoms with E-state index < -0.39 is 5.41 Å². The van der Waals surface area contributed by atoms with E-state index in [-0.39, 0.29) is 5.97 Å². The Kier molecular flexibility index (Phi) is 3.19. The maximum absolute atomic E-state index is 11.7. The molecule has 94 valence electrons. The van der Waals surface area contributed by atoms with Gasteiger partial charge in [-0.3, -0.25) is 4.68 Å². The molecule has 5 nitrogen and oxygen atoms in total. The molecule has 1 aromatic rings. The van der Waals surface area contributed by atoms with Crippen LogP contribution in [0.2, 0.25) is 0 Å². The molecule has 1 aliphatic rings. The average molecular weight is 237 g/mol. The summed E-state index contributed by atoms with van der Waals surface area (Å²) in [6.07, 6.45) is 4.67. The van der Waals surface area contributed by atoms with Crippen LogP contribution in [0.25, 0.3) is 0 Å². The summed E-state index contributed by atoms with van der Waals surface area (Å²) in [5.41, 5.74) is -0.455. The Morgan fingerprint density at radius 1 is 1.47 bits per heavy atom. The predicted octanol–water partition coefficient (Wildman–Crippen LogP) is 1.63. The fraction of sp³-hybridized carbons (Fsp3) is 0.667. The molecule has 0 N–H and O–H groups in total. The largest absolute Gasteiger partial charge is 0.367 e. The molecule has 2 rings (SSSR count). The molecule has 0 unspecified atom stereocenters. The van der Waals surface area contributed by atoms with Gasteiger partial charge in [0.25, 0.3) is 0 Å². The lowest BCUT2D eigenvalue weighted by atomic mass is 9.98. The van der Waals surface area contributed by atoms with Gasteiger partial charge in [0.2, 0.25) is 0 Å². The maximum atomic E-state index is 11.7. The predicted molar refractivity (Wildman–Crippen MR) is 63.0 cm³/mol. The van der Waals surface area contributed by atoms with Crippen LogP contribution in [0.15, 0.2) is 18.5 Å². The number of carbonyl (C=O) groups is 1. The Balaban J connectivity index is 1.89. The SMILES string of the molecule is CC(C)(C)C(=O)ON1CC[C@@H](n2cccn2)C1. The Labute approximate surface area is 101 Å². The van der Waals surface area contributed by atoms with Crippen LogP contribution in [0.4, 0.5) is 0 Å². The van der Waals surface area contributed by atoms with Gasteiger partial charge in [0.1, 0.15) is 0 Å². The van der Waals surface area contributed by atoms with Crippen molar-refractivity contribution in [1.82, 2.24) is 14.8 Å². The first-order chi connectivity index (χ1) is 7.97. The molecular weight excluding hydrogens is 218 g/mol. The van der Waals surface area contributed by atoms with Gasteiger partial charge in [0.15, 0.2) is 0 Å². The Morgan fingerprint density at radius 3 is 2.82 bits per heavy atom. The van der Waals surface area contributed by atoms with Crippen molar-refractivity contribution in [3.8, 4) is 0 Å². The van der Waals surface area contributed by atoms with E-state index in [0.717, 1.165) is 13.0 Å². The first-order valence-corrected chi connectivity index (χ1v) is 5.93. The number of hydrogen-bond donors (Lipinski definition) is 0. The van der Waals surface area contributed by atoms with Crippen molar-refractivity contribution >= 4 is 5.97 Å². The van der Waals surface area contributed by atoms with Crippen LogP contribution in [0.5, 0.6) is 0 Å². The number of aromatic nitrogens is 2. The van der Waals surface area contributed by atoms with Gasteiger partial charge in [-0.05, 0) is 33.3 Å². The van der Waals surface area contributed by atoms with Gasteiger partial charge in [-0.1, -0.05) is 0 Å². The van der Waals surface area contributed by atoms with Crippen molar-refractivity contribution in [3.05, 3.63) is 18.5 Å². The van der Waals surface area contributed by atoms with Gasteiger partial charge in [0.05, 0.1) is 18.0 Å². The number of hydroxylamine groups is 2. The molecule has 2 heterocycles. The summed E-state index contributed by atoms with van der Waals surface area (Å²) in [5, 5.41) is 5.95. The summed E-state index contributed by atoms with van der Waals surface area (Å²) in [7, 11) is 0. The molecule has 0 saturated carbocycles. The summed E-state index contributed by atoms with van der Waals surface area (Å²) in [6, 6.07) is 2.21. The average Bonchev–Trinajstić information content (AvgIpc) is 2.83. The maximum Gasteiger partial charge on any atom is 0.330 e. The molecular formula is C12H19N3O2. The van der Waals surface area contributed by atoms with Gasteiger partial charge >= 0.3 is 5.97 Å². The van der Waals surface area contributed by atoms with Crippen LogP contribution in [0, 0.1) is 5.41 Å². The van der Waals surface area contributed by atoms with E-state index in [0.29, 0.717) is 12.6 Å². The third-order valence-electron chi connectivity index (χ3n) is 2.85. The van der Waals surface area contributed by atoms with Crippen molar-refractivity contribution < 1.29 is 9.63 Å². The molecule has 0 aromatic carbocycles. The fourth-order valence-electron chi connectivity index (χ4n) is 1.76. The molecule has 0 amide bonds. The summed E-state index contributed by atoms with van der Waals surface area (Å²) in [4.78, 5) is 17.1. The molecule has 1 fully saturated rings. The minimum absolute atomic E-state index is 0.182. The first-order valence-electron chi connectivity index (χ1n) is 5.93. The molecule has 5 heteroatoms. The third kappa shape index (κ3) is 2.85. The van der Waals surface area contributed by atoms with E-state index in [1.165, 1.54) is 0 Å². The lowest BCUT2D eigenvalue weighted by molar-refractivity contribution is -0.195. The zero-order chi connectivity index (χ0) is 12.5. The van der Waals surface area contributed by atoms with Crippen LogP contribution in [0.1, 0.15) is 33.2 Å². The first kappa shape index (κ1) is 12.1. The summed E-state index contributed by atoms with van der Waals surface area (Å²) in [5.74, 6) is -0.182. The van der Waals surface area contributed by atoms with E-state index in [1.807, 2.05) is 37.7 Å². The van der Waals surface area contributed by atoms with Crippen molar-refractivity contribution in [1.29, 1.82) is 0 Å². The van der Waals surface area contributed by atoms with Crippen molar-refractivity contribution in [2.24, 2.45) is 5.41 Å². The second-order valence-corrected chi connectivity index (χ2v) is 5.45. The number of hydrogen-bond acceptors (Lipinski definition) is 4. The lowest BCUT2D eigenvalue weighted by Crippen LogP contribution is -2.32. The third-order valence-corrected chi connectivity index (χ3v) is 2.85. The van der Waals surface area contributed by atoms with Crippen LogP contribution < -0.4 is 0 Å². The molecule has 0 spiro atoms. The van der Waals surface area contributed by atoms with Crippen molar-refractivity contribution in [2.45, 2.75) is 33.2 Å². The summed E-state index contributed by atoms with van der Waals surface area (Å²) >= 11 is 0. The molecule has 1 atom stereocenters. The Morgan fingerprint density at radius 2 is 2.24 bits per heavy atom. The zero-order valence-electron chi connectivity index (χ0n) is 10.6. The molecule has 1 aliphatic heterocycles. The minimum atomic E-state index is -0.455. The second kappa shape index (κ2) is 4.49.